The molecule has 0 saturated heterocycles. The van der Waals surface area contributed by atoms with E-state index in [0.717, 1.165) is 16.7 Å². The van der Waals surface area contributed by atoms with Crippen LogP contribution in [0, 0.1) is 0 Å². The van der Waals surface area contributed by atoms with Crippen molar-refractivity contribution in [1.82, 2.24) is 9.55 Å². The molecule has 0 spiro atoms. The van der Waals surface area contributed by atoms with Crippen LogP contribution in [-0.2, 0) is 4.74 Å². The van der Waals surface area contributed by atoms with Crippen LogP contribution >= 0.6 is 0 Å². The molecule has 5 heteroatoms. The maximum Gasteiger partial charge on any atom is 0.412 e. The van der Waals surface area contributed by atoms with E-state index in [1.807, 2.05) is 32.9 Å². The van der Waals surface area contributed by atoms with Crippen LogP contribution in [-0.4, -0.2) is 21.2 Å². The van der Waals surface area contributed by atoms with Gasteiger partial charge in [-0.3, -0.25) is 5.32 Å². The largest absolute Gasteiger partial charge is 0.444 e. The third kappa shape index (κ3) is 2.07. The average molecular weight is 299 g/mol. The number of benzene rings is 1. The van der Waals surface area contributed by atoms with Gasteiger partial charge in [0.2, 0.25) is 0 Å². The zero-order chi connectivity index (χ0) is 15.5. The summed E-state index contributed by atoms with van der Waals surface area (Å²) in [5.41, 5.74) is 2.22. The van der Waals surface area contributed by atoms with Crippen LogP contribution in [0.4, 0.5) is 10.5 Å². The number of imidazole rings is 1. The highest BCUT2D eigenvalue weighted by Crippen LogP contribution is 2.50. The van der Waals surface area contributed by atoms with Crippen molar-refractivity contribution in [1.29, 1.82) is 0 Å². The number of anilines is 1. The van der Waals surface area contributed by atoms with Gasteiger partial charge in [0, 0.05) is 12.0 Å². The topological polar surface area (TPSA) is 56.1 Å². The summed E-state index contributed by atoms with van der Waals surface area (Å²) < 4.78 is 7.70. The number of rotatable bonds is 1. The maximum absolute atomic E-state index is 12.0. The van der Waals surface area contributed by atoms with Crippen LogP contribution in [0.15, 0.2) is 18.2 Å². The minimum atomic E-state index is -0.507. The average Bonchev–Trinajstić information content (AvgIpc) is 3.07. The number of fused-ring (bicyclic) bond motifs is 7. The van der Waals surface area contributed by atoms with Crippen LogP contribution in [0.2, 0.25) is 0 Å². The van der Waals surface area contributed by atoms with Crippen LogP contribution in [0.5, 0.6) is 0 Å². The van der Waals surface area contributed by atoms with E-state index in [0.29, 0.717) is 12.0 Å². The molecule has 0 unspecified atom stereocenters. The van der Waals surface area contributed by atoms with Crippen molar-refractivity contribution in [3.05, 3.63) is 24.0 Å². The molecule has 116 valence electrons. The number of carbonyl (C=O) groups excluding carboxylic acids is 1. The summed E-state index contributed by atoms with van der Waals surface area (Å²) in [5, 5.41) is 2.84. The van der Waals surface area contributed by atoms with Gasteiger partial charge in [-0.15, -0.1) is 0 Å². The summed E-state index contributed by atoms with van der Waals surface area (Å²) in [5.74, 6) is 1.77. The monoisotopic (exact) mass is 299 g/mol. The second kappa shape index (κ2) is 4.48. The Kier molecular flexibility index (Phi) is 2.77. The van der Waals surface area contributed by atoms with Gasteiger partial charge < -0.3 is 9.30 Å². The first kappa shape index (κ1) is 13.6. The fourth-order valence-electron chi connectivity index (χ4n) is 3.75. The van der Waals surface area contributed by atoms with E-state index in [9.17, 15) is 4.79 Å². The summed E-state index contributed by atoms with van der Waals surface area (Å²) in [4.78, 5) is 16.8. The molecule has 2 bridgehead atoms. The Balaban J connectivity index is 1.70. The van der Waals surface area contributed by atoms with E-state index >= 15 is 0 Å². The SMILES string of the molecule is CC(C)(C)OC(=O)Nc1cccc2c1nc1n2[C@H]2CC[C@@H]1C2. The van der Waals surface area contributed by atoms with Crippen molar-refractivity contribution < 1.29 is 9.53 Å². The van der Waals surface area contributed by atoms with Crippen LogP contribution < -0.4 is 5.32 Å². The molecule has 1 aromatic heterocycles. The molecule has 1 aliphatic carbocycles. The van der Waals surface area contributed by atoms with Gasteiger partial charge in [-0.1, -0.05) is 6.07 Å². The fourth-order valence-corrected chi connectivity index (χ4v) is 3.75. The molecule has 1 saturated carbocycles. The van der Waals surface area contributed by atoms with Gasteiger partial charge in [0.15, 0.2) is 0 Å². The predicted molar refractivity (Wildman–Crippen MR) is 85.2 cm³/mol. The number of para-hydroxylation sites is 1. The third-order valence-electron chi connectivity index (χ3n) is 4.52. The van der Waals surface area contributed by atoms with E-state index in [-0.39, 0.29) is 0 Å². The number of carbonyl (C=O) groups is 1. The lowest BCUT2D eigenvalue weighted by Crippen LogP contribution is -2.27. The van der Waals surface area contributed by atoms with Gasteiger partial charge in [0.1, 0.15) is 16.9 Å². The highest BCUT2D eigenvalue weighted by atomic mass is 16.6. The van der Waals surface area contributed by atoms with Gasteiger partial charge in [-0.05, 0) is 52.2 Å². The molecule has 5 nitrogen and oxygen atoms in total. The Bertz CT molecular complexity index is 757. The van der Waals surface area contributed by atoms with Gasteiger partial charge >= 0.3 is 6.09 Å². The molecule has 0 radical (unpaired) electrons. The highest BCUT2D eigenvalue weighted by Gasteiger charge is 2.39. The minimum absolute atomic E-state index is 0.434. The zero-order valence-corrected chi connectivity index (χ0v) is 13.2. The van der Waals surface area contributed by atoms with Gasteiger partial charge in [-0.25, -0.2) is 9.78 Å². The quantitative estimate of drug-likeness (QED) is 0.858. The molecule has 1 fully saturated rings. The van der Waals surface area contributed by atoms with E-state index < -0.39 is 11.7 Å². The Morgan fingerprint density at radius 2 is 2.18 bits per heavy atom. The number of aromatic nitrogens is 2. The predicted octanol–water partition coefficient (Wildman–Crippen LogP) is 4.21. The van der Waals surface area contributed by atoms with Gasteiger partial charge in [0.25, 0.3) is 0 Å². The summed E-state index contributed by atoms with van der Waals surface area (Å²) in [7, 11) is 0. The van der Waals surface area contributed by atoms with Gasteiger partial charge in [0.05, 0.1) is 11.2 Å². The molecule has 1 N–H and O–H groups in total. The van der Waals surface area contributed by atoms with Crippen LogP contribution in [0.1, 0.15) is 57.8 Å². The molecule has 2 atom stereocenters. The lowest BCUT2D eigenvalue weighted by Gasteiger charge is -2.19. The summed E-state index contributed by atoms with van der Waals surface area (Å²) in [6, 6.07) is 6.53. The van der Waals surface area contributed by atoms with Crippen molar-refractivity contribution >= 4 is 22.8 Å². The van der Waals surface area contributed by atoms with Crippen molar-refractivity contribution in [3.8, 4) is 0 Å². The minimum Gasteiger partial charge on any atom is -0.444 e. The van der Waals surface area contributed by atoms with E-state index in [2.05, 4.69) is 16.0 Å². The molecule has 1 aromatic carbocycles. The first-order chi connectivity index (χ1) is 10.4. The molecular formula is C17H21N3O2. The number of hydrogen-bond acceptors (Lipinski definition) is 3. The first-order valence-electron chi connectivity index (χ1n) is 7.93. The Morgan fingerprint density at radius 3 is 2.95 bits per heavy atom. The van der Waals surface area contributed by atoms with Crippen molar-refractivity contribution in [2.45, 2.75) is 57.6 Å². The van der Waals surface area contributed by atoms with Gasteiger partial charge in [-0.2, -0.15) is 0 Å². The lowest BCUT2D eigenvalue weighted by molar-refractivity contribution is 0.0636. The highest BCUT2D eigenvalue weighted by molar-refractivity contribution is 5.97. The zero-order valence-electron chi connectivity index (χ0n) is 13.2. The van der Waals surface area contributed by atoms with Crippen LogP contribution in [0.3, 0.4) is 0 Å². The second-order valence-electron chi connectivity index (χ2n) is 7.30. The second-order valence-corrected chi connectivity index (χ2v) is 7.30. The molecule has 2 aliphatic rings. The third-order valence-corrected chi connectivity index (χ3v) is 4.52. The lowest BCUT2D eigenvalue weighted by atomic mass is 10.1. The molecule has 2 heterocycles. The van der Waals surface area contributed by atoms with Crippen LogP contribution in [0.25, 0.3) is 11.0 Å². The number of hydrogen-bond donors (Lipinski definition) is 1. The maximum atomic E-state index is 12.0. The number of nitrogens with zero attached hydrogens (tertiary/aromatic N) is 2. The Morgan fingerprint density at radius 1 is 1.36 bits per heavy atom. The van der Waals surface area contributed by atoms with E-state index in [1.54, 1.807) is 0 Å². The molecule has 2 aromatic rings. The molecule has 22 heavy (non-hydrogen) atoms. The Labute approximate surface area is 129 Å². The van der Waals surface area contributed by atoms with Crippen molar-refractivity contribution in [3.63, 3.8) is 0 Å². The fraction of sp³-hybridized carbons (Fsp3) is 0.529. The van der Waals surface area contributed by atoms with Crippen molar-refractivity contribution in [2.75, 3.05) is 5.32 Å². The molecule has 1 aliphatic heterocycles. The summed E-state index contributed by atoms with van der Waals surface area (Å²) in [6.07, 6.45) is 3.27. The molecule has 1 amide bonds. The molecular weight excluding hydrogens is 278 g/mol. The molecule has 4 rings (SSSR count). The number of nitrogens with one attached hydrogen (secondary N) is 1. The Hall–Kier alpha value is -2.04. The number of ether oxygens (including phenoxy) is 1. The smallest absolute Gasteiger partial charge is 0.412 e. The summed E-state index contributed by atoms with van der Waals surface area (Å²) >= 11 is 0. The van der Waals surface area contributed by atoms with Crippen molar-refractivity contribution in [2.24, 2.45) is 0 Å². The summed E-state index contributed by atoms with van der Waals surface area (Å²) in [6.45, 7) is 5.57. The first-order valence-corrected chi connectivity index (χ1v) is 7.93. The number of amides is 1. The van der Waals surface area contributed by atoms with E-state index in [1.165, 1.54) is 25.1 Å². The normalized spacial score (nSPS) is 22.9. The standard InChI is InChI=1S/C17H21N3O2/c1-17(2,3)22-16(21)18-12-5-4-6-13-14(12)19-15-10-7-8-11(9-10)20(13)15/h4-6,10-11H,7-9H2,1-3H3,(H,18,21)/t10-,11+/m1/s1. The van der Waals surface area contributed by atoms with E-state index in [4.69, 9.17) is 9.72 Å².